The number of benzene rings is 1. The summed E-state index contributed by atoms with van der Waals surface area (Å²) < 4.78 is 79.2. The predicted octanol–water partition coefficient (Wildman–Crippen LogP) is 6.31. The third-order valence-corrected chi connectivity index (χ3v) is 7.88. The molecule has 3 aromatic rings. The van der Waals surface area contributed by atoms with Gasteiger partial charge >= 0.3 is 6.18 Å². The van der Waals surface area contributed by atoms with Gasteiger partial charge in [0.1, 0.15) is 5.69 Å². The number of hydrogen-bond donors (Lipinski definition) is 2. The van der Waals surface area contributed by atoms with Crippen molar-refractivity contribution in [3.8, 4) is 11.3 Å². The highest BCUT2D eigenvalue weighted by Crippen LogP contribution is 2.37. The molecule has 38 heavy (non-hydrogen) atoms. The molecule has 0 atom stereocenters. The Kier molecular flexibility index (Phi) is 7.91. The zero-order valence-electron chi connectivity index (χ0n) is 20.2. The third kappa shape index (κ3) is 6.75. The lowest BCUT2D eigenvalue weighted by Crippen LogP contribution is -2.39. The van der Waals surface area contributed by atoms with Crippen LogP contribution in [0, 0.1) is 18.7 Å². The third-order valence-electron chi connectivity index (χ3n) is 6.01. The Bertz CT molecular complexity index is 1470. The molecule has 2 N–H and O–H groups in total. The fraction of sp³-hybridized carbons (Fsp3) is 0.333. The second-order valence-corrected chi connectivity index (χ2v) is 12.4. The number of anilines is 3. The van der Waals surface area contributed by atoms with Crippen molar-refractivity contribution in [2.75, 3.05) is 34.3 Å². The van der Waals surface area contributed by atoms with E-state index in [4.69, 9.17) is 11.6 Å². The number of rotatable bonds is 6. The highest BCUT2D eigenvalue weighted by atomic mass is 35.5. The van der Waals surface area contributed by atoms with E-state index in [1.807, 2.05) is 0 Å². The van der Waals surface area contributed by atoms with Crippen molar-refractivity contribution in [1.29, 1.82) is 0 Å². The first-order valence-electron chi connectivity index (χ1n) is 11.4. The number of sulfonamides is 1. The minimum Gasteiger partial charge on any atom is -0.370 e. The van der Waals surface area contributed by atoms with Crippen LogP contribution in [0.2, 0.25) is 5.02 Å². The van der Waals surface area contributed by atoms with Crippen molar-refractivity contribution in [2.45, 2.75) is 25.9 Å². The molecule has 1 aliphatic heterocycles. The average Bonchev–Trinajstić information content (AvgIpc) is 3.18. The average molecular weight is 591 g/mol. The van der Waals surface area contributed by atoms with Crippen LogP contribution < -0.4 is 14.9 Å². The molecular weight excluding hydrogens is 568 g/mol. The molecule has 0 bridgehead atoms. The molecule has 1 fully saturated rings. The summed E-state index contributed by atoms with van der Waals surface area (Å²) in [5.74, 6) is -2.52. The largest absolute Gasteiger partial charge is 0.391 e. The van der Waals surface area contributed by atoms with Gasteiger partial charge in [-0.25, -0.2) is 12.8 Å². The first kappa shape index (κ1) is 28.1. The number of nitrogens with one attached hydrogen (secondary N) is 2. The van der Waals surface area contributed by atoms with Crippen LogP contribution in [0.5, 0.6) is 0 Å². The van der Waals surface area contributed by atoms with Gasteiger partial charge in [-0.3, -0.25) is 14.5 Å². The van der Waals surface area contributed by atoms with Gasteiger partial charge in [-0.15, -0.1) is 11.3 Å². The number of amides is 1. The molecule has 0 unspecified atom stereocenters. The van der Waals surface area contributed by atoms with Gasteiger partial charge in [0.15, 0.2) is 5.82 Å². The molecule has 14 heteroatoms. The second-order valence-electron chi connectivity index (χ2n) is 8.96. The van der Waals surface area contributed by atoms with Crippen LogP contribution in [0.25, 0.3) is 11.3 Å². The highest BCUT2D eigenvalue weighted by Gasteiger charge is 2.41. The summed E-state index contributed by atoms with van der Waals surface area (Å²) in [7, 11) is -3.56. The number of carbonyl (C=O) groups is 1. The van der Waals surface area contributed by atoms with E-state index in [-0.39, 0.29) is 52.9 Å². The lowest BCUT2D eigenvalue weighted by molar-refractivity contribution is -0.179. The molecule has 2 aromatic heterocycles. The number of hydrogen-bond acceptors (Lipinski definition) is 6. The number of carbonyl (C=O) groups excluding carboxylic acids is 1. The van der Waals surface area contributed by atoms with Crippen LogP contribution in [0.1, 0.15) is 27.4 Å². The fourth-order valence-electron chi connectivity index (χ4n) is 4.22. The number of halogens is 5. The lowest BCUT2D eigenvalue weighted by Gasteiger charge is -2.34. The molecule has 1 saturated heterocycles. The quantitative estimate of drug-likeness (QED) is 0.328. The Morgan fingerprint density at radius 3 is 2.39 bits per heavy atom. The first-order chi connectivity index (χ1) is 17.7. The fourth-order valence-corrected chi connectivity index (χ4v) is 5.92. The van der Waals surface area contributed by atoms with Gasteiger partial charge in [0.05, 0.1) is 34.6 Å². The smallest absolute Gasteiger partial charge is 0.370 e. The number of nitrogens with zero attached hydrogens (tertiary/aromatic N) is 2. The van der Waals surface area contributed by atoms with Crippen LogP contribution >= 0.6 is 22.9 Å². The van der Waals surface area contributed by atoms with E-state index in [1.54, 1.807) is 11.8 Å². The molecule has 7 nitrogen and oxygen atoms in total. The van der Waals surface area contributed by atoms with Gasteiger partial charge < -0.3 is 10.2 Å². The predicted molar refractivity (Wildman–Crippen MR) is 141 cm³/mol. The van der Waals surface area contributed by atoms with E-state index in [9.17, 15) is 26.4 Å². The van der Waals surface area contributed by atoms with E-state index >= 15 is 4.39 Å². The van der Waals surface area contributed by atoms with Gasteiger partial charge in [-0.05, 0) is 44.0 Å². The van der Waals surface area contributed by atoms with E-state index in [2.05, 4.69) is 15.0 Å². The second kappa shape index (κ2) is 10.7. The Morgan fingerprint density at radius 1 is 1.13 bits per heavy atom. The number of alkyl halides is 3. The van der Waals surface area contributed by atoms with Crippen molar-refractivity contribution in [3.05, 3.63) is 57.1 Å². The van der Waals surface area contributed by atoms with E-state index < -0.39 is 33.8 Å². The summed E-state index contributed by atoms with van der Waals surface area (Å²) in [5, 5.41) is 2.85. The Hall–Kier alpha value is -2.90. The van der Waals surface area contributed by atoms with E-state index in [0.717, 1.165) is 17.6 Å². The van der Waals surface area contributed by atoms with Gasteiger partial charge in [0, 0.05) is 40.3 Å². The maximum Gasteiger partial charge on any atom is 0.391 e. The zero-order chi connectivity index (χ0) is 27.8. The molecule has 0 spiro atoms. The summed E-state index contributed by atoms with van der Waals surface area (Å²) in [5.41, 5.74) is 1.26. The van der Waals surface area contributed by atoms with Gasteiger partial charge in [-0.1, -0.05) is 11.6 Å². The minimum atomic E-state index is -4.23. The van der Waals surface area contributed by atoms with Crippen molar-refractivity contribution >= 4 is 55.9 Å². The molecule has 4 rings (SSSR count). The molecule has 0 saturated carbocycles. The lowest BCUT2D eigenvalue weighted by atomic mass is 9.96. The van der Waals surface area contributed by atoms with E-state index in [0.29, 0.717) is 16.1 Å². The summed E-state index contributed by atoms with van der Waals surface area (Å²) >= 11 is 7.16. The van der Waals surface area contributed by atoms with Crippen LogP contribution in [0.3, 0.4) is 0 Å². The molecular formula is C24H23ClF4N4O3S2. The molecule has 1 aromatic carbocycles. The van der Waals surface area contributed by atoms with Crippen LogP contribution in [-0.2, 0) is 10.0 Å². The molecule has 3 heterocycles. The highest BCUT2D eigenvalue weighted by molar-refractivity contribution is 7.92. The molecule has 1 aliphatic rings. The summed E-state index contributed by atoms with van der Waals surface area (Å²) in [6.07, 6.45) is -1.95. The van der Waals surface area contributed by atoms with Crippen molar-refractivity contribution in [3.63, 3.8) is 0 Å². The number of thiophene rings is 1. The minimum absolute atomic E-state index is 0.0223. The van der Waals surface area contributed by atoms with Crippen molar-refractivity contribution in [2.24, 2.45) is 5.92 Å². The standard InChI is InChI=1S/C24H23ClF4N4O3S2/c1-13-19(22-20(26)10-18(12-30-22)33-5-3-14(4-6-33)24(27,28)29)11-21(37-13)23(34)31-16-7-15(25)8-17(9-16)32-38(2,35)36/h7-12,14,32H,3-6H2,1-2H3,(H,31,34). The molecule has 0 radical (unpaired) electrons. The Morgan fingerprint density at radius 2 is 1.79 bits per heavy atom. The van der Waals surface area contributed by atoms with Crippen LogP contribution in [0.4, 0.5) is 34.6 Å². The number of pyridine rings is 1. The Labute approximate surface area is 225 Å². The number of aryl methyl sites for hydroxylation is 1. The van der Waals surface area contributed by atoms with Crippen LogP contribution in [0.15, 0.2) is 36.5 Å². The number of aromatic nitrogens is 1. The monoisotopic (exact) mass is 590 g/mol. The normalized spacial score (nSPS) is 15.0. The maximum atomic E-state index is 15.1. The Balaban J connectivity index is 1.50. The van der Waals surface area contributed by atoms with Crippen LogP contribution in [-0.4, -0.2) is 44.8 Å². The molecule has 0 aliphatic carbocycles. The summed E-state index contributed by atoms with van der Waals surface area (Å²) in [6, 6.07) is 6.99. The number of piperidine rings is 1. The maximum absolute atomic E-state index is 15.1. The van der Waals surface area contributed by atoms with E-state index in [1.165, 1.54) is 36.5 Å². The summed E-state index contributed by atoms with van der Waals surface area (Å²) in [4.78, 5) is 19.7. The first-order valence-corrected chi connectivity index (χ1v) is 14.5. The van der Waals surface area contributed by atoms with Crippen molar-refractivity contribution < 1.29 is 30.8 Å². The zero-order valence-corrected chi connectivity index (χ0v) is 22.6. The topological polar surface area (TPSA) is 91.4 Å². The SMILES string of the molecule is Cc1sc(C(=O)Nc2cc(Cl)cc(NS(C)(=O)=O)c2)cc1-c1ncc(N2CCC(C(F)(F)F)CC2)cc1F. The summed E-state index contributed by atoms with van der Waals surface area (Å²) in [6.45, 7) is 2.01. The van der Waals surface area contributed by atoms with Gasteiger partial charge in [0.2, 0.25) is 10.0 Å². The van der Waals surface area contributed by atoms with Crippen molar-refractivity contribution in [1.82, 2.24) is 4.98 Å². The molecule has 1 amide bonds. The molecule has 204 valence electrons. The van der Waals surface area contributed by atoms with Gasteiger partial charge in [0.25, 0.3) is 5.91 Å². The van der Waals surface area contributed by atoms with Gasteiger partial charge in [-0.2, -0.15) is 13.2 Å².